The molecule has 0 heterocycles. The second-order valence-electron chi connectivity index (χ2n) is 4.29. The number of carboxylic acid groups (broad SMARTS) is 1. The van der Waals surface area contributed by atoms with E-state index < -0.39 is 12.0 Å². The summed E-state index contributed by atoms with van der Waals surface area (Å²) in [5.41, 5.74) is 6.39. The third-order valence-corrected chi connectivity index (χ3v) is 2.62. The predicted molar refractivity (Wildman–Crippen MR) is 73.1 cm³/mol. The lowest BCUT2D eigenvalue weighted by atomic mass is 10.1. The third-order valence-electron chi connectivity index (χ3n) is 2.62. The first-order valence-corrected chi connectivity index (χ1v) is 6.06. The van der Waals surface area contributed by atoms with Crippen molar-refractivity contribution >= 4 is 23.6 Å². The van der Waals surface area contributed by atoms with Crippen molar-refractivity contribution in [3.8, 4) is 0 Å². The highest BCUT2D eigenvalue weighted by Gasteiger charge is 2.11. The molecule has 0 saturated heterocycles. The first kappa shape index (κ1) is 15.5. The van der Waals surface area contributed by atoms with E-state index in [4.69, 9.17) is 10.8 Å². The molecule has 1 aromatic carbocycles. The smallest absolute Gasteiger partial charge is 0.316 e. The van der Waals surface area contributed by atoms with Crippen LogP contribution in [0.2, 0.25) is 0 Å². The average Bonchev–Trinajstić information content (AvgIpc) is 2.36. The molecule has 1 aromatic rings. The zero-order chi connectivity index (χ0) is 15.1. The molecule has 0 spiro atoms. The van der Waals surface area contributed by atoms with Crippen LogP contribution >= 0.6 is 0 Å². The van der Waals surface area contributed by atoms with Crippen molar-refractivity contribution in [3.63, 3.8) is 0 Å². The largest absolute Gasteiger partial charge is 0.481 e. The fourth-order valence-electron chi connectivity index (χ4n) is 1.61. The number of primary amides is 1. The molecule has 7 heteroatoms. The van der Waals surface area contributed by atoms with Crippen molar-refractivity contribution in [2.45, 2.75) is 25.8 Å². The number of amides is 3. The van der Waals surface area contributed by atoms with Gasteiger partial charge in [-0.25, -0.2) is 4.79 Å². The van der Waals surface area contributed by atoms with Gasteiger partial charge in [-0.15, -0.1) is 0 Å². The molecule has 3 amide bonds. The van der Waals surface area contributed by atoms with Gasteiger partial charge in [0.05, 0.1) is 12.5 Å². The highest BCUT2D eigenvalue weighted by molar-refractivity contribution is 5.87. The van der Waals surface area contributed by atoms with E-state index in [1.54, 1.807) is 31.2 Å². The van der Waals surface area contributed by atoms with Crippen molar-refractivity contribution in [2.24, 2.45) is 5.73 Å². The van der Waals surface area contributed by atoms with Crippen LogP contribution in [0.25, 0.3) is 0 Å². The fraction of sp³-hybridized carbons (Fsp3) is 0.308. The van der Waals surface area contributed by atoms with Crippen LogP contribution in [0.3, 0.4) is 0 Å². The van der Waals surface area contributed by atoms with E-state index in [1.807, 2.05) is 0 Å². The van der Waals surface area contributed by atoms with Gasteiger partial charge in [0, 0.05) is 12.1 Å². The number of aliphatic carboxylic acids is 1. The molecule has 0 aliphatic carbocycles. The third kappa shape index (κ3) is 5.38. The molecule has 1 unspecified atom stereocenters. The maximum Gasteiger partial charge on any atom is 0.316 e. The first-order valence-electron chi connectivity index (χ1n) is 6.06. The molecular weight excluding hydrogens is 262 g/mol. The number of carboxylic acids is 1. The average molecular weight is 279 g/mol. The van der Waals surface area contributed by atoms with Gasteiger partial charge in [0.1, 0.15) is 0 Å². The SMILES string of the molecule is CC(NC(=O)CCC(=O)O)c1ccc(NC(N)=O)cc1. The number of anilines is 1. The van der Waals surface area contributed by atoms with Crippen molar-refractivity contribution in [1.29, 1.82) is 0 Å². The Morgan fingerprint density at radius 1 is 1.20 bits per heavy atom. The molecule has 0 saturated carbocycles. The topological polar surface area (TPSA) is 122 Å². The minimum Gasteiger partial charge on any atom is -0.481 e. The number of carbonyl (C=O) groups excluding carboxylic acids is 2. The van der Waals surface area contributed by atoms with Crippen molar-refractivity contribution < 1.29 is 19.5 Å². The molecule has 0 aromatic heterocycles. The van der Waals surface area contributed by atoms with Gasteiger partial charge in [0.15, 0.2) is 0 Å². The minimum atomic E-state index is -1.00. The molecule has 108 valence electrons. The number of nitrogens with two attached hydrogens (primary N) is 1. The summed E-state index contributed by atoms with van der Waals surface area (Å²) in [7, 11) is 0. The van der Waals surface area contributed by atoms with Gasteiger partial charge in [-0.3, -0.25) is 9.59 Å². The van der Waals surface area contributed by atoms with Crippen molar-refractivity contribution in [3.05, 3.63) is 29.8 Å². The van der Waals surface area contributed by atoms with E-state index in [2.05, 4.69) is 10.6 Å². The lowest BCUT2D eigenvalue weighted by Gasteiger charge is -2.14. The number of hydrogen-bond acceptors (Lipinski definition) is 3. The fourth-order valence-corrected chi connectivity index (χ4v) is 1.61. The standard InChI is InChI=1S/C13H17N3O4/c1-8(15-11(17)6-7-12(18)19)9-2-4-10(5-3-9)16-13(14)20/h2-5,8H,6-7H2,1H3,(H,15,17)(H,18,19)(H3,14,16,20). The van der Waals surface area contributed by atoms with Crippen LogP contribution in [-0.2, 0) is 9.59 Å². The van der Waals surface area contributed by atoms with Gasteiger partial charge in [0.25, 0.3) is 0 Å². The Morgan fingerprint density at radius 2 is 1.80 bits per heavy atom. The lowest BCUT2D eigenvalue weighted by molar-refractivity contribution is -0.138. The van der Waals surface area contributed by atoms with E-state index >= 15 is 0 Å². The number of hydrogen-bond donors (Lipinski definition) is 4. The summed E-state index contributed by atoms with van der Waals surface area (Å²) in [6.07, 6.45) is -0.249. The molecule has 0 aliphatic rings. The van der Waals surface area contributed by atoms with Crippen LogP contribution in [0.15, 0.2) is 24.3 Å². The molecule has 20 heavy (non-hydrogen) atoms. The lowest BCUT2D eigenvalue weighted by Crippen LogP contribution is -2.27. The van der Waals surface area contributed by atoms with E-state index in [0.29, 0.717) is 5.69 Å². The van der Waals surface area contributed by atoms with Gasteiger partial charge in [-0.2, -0.15) is 0 Å². The Morgan fingerprint density at radius 3 is 2.30 bits per heavy atom. The molecule has 7 nitrogen and oxygen atoms in total. The Bertz CT molecular complexity index is 499. The van der Waals surface area contributed by atoms with Gasteiger partial charge in [-0.05, 0) is 24.6 Å². The normalized spacial score (nSPS) is 11.4. The second kappa shape index (κ2) is 7.13. The Balaban J connectivity index is 2.54. The van der Waals surface area contributed by atoms with Crippen LogP contribution in [0.1, 0.15) is 31.4 Å². The first-order chi connectivity index (χ1) is 9.38. The van der Waals surface area contributed by atoms with E-state index in [1.165, 1.54) is 0 Å². The summed E-state index contributed by atoms with van der Waals surface area (Å²) in [5, 5.41) is 13.6. The molecule has 0 aliphatic heterocycles. The number of rotatable bonds is 6. The molecule has 1 atom stereocenters. The zero-order valence-electron chi connectivity index (χ0n) is 11.1. The molecule has 0 bridgehead atoms. The number of urea groups is 1. The van der Waals surface area contributed by atoms with E-state index in [9.17, 15) is 14.4 Å². The molecule has 1 rings (SSSR count). The number of benzene rings is 1. The maximum atomic E-state index is 11.5. The second-order valence-corrected chi connectivity index (χ2v) is 4.29. The monoisotopic (exact) mass is 279 g/mol. The molecule has 0 radical (unpaired) electrons. The number of carbonyl (C=O) groups is 3. The minimum absolute atomic E-state index is 0.0546. The van der Waals surface area contributed by atoms with Crippen LogP contribution in [-0.4, -0.2) is 23.0 Å². The molecule has 5 N–H and O–H groups in total. The summed E-state index contributed by atoms with van der Waals surface area (Å²) >= 11 is 0. The Kier molecular flexibility index (Phi) is 5.52. The van der Waals surface area contributed by atoms with Crippen molar-refractivity contribution in [2.75, 3.05) is 5.32 Å². The van der Waals surface area contributed by atoms with Crippen LogP contribution in [0.4, 0.5) is 10.5 Å². The highest BCUT2D eigenvalue weighted by Crippen LogP contribution is 2.16. The summed E-state index contributed by atoms with van der Waals surface area (Å²) in [6, 6.07) is 5.92. The Labute approximate surface area is 116 Å². The summed E-state index contributed by atoms with van der Waals surface area (Å²) in [5.74, 6) is -1.33. The van der Waals surface area contributed by atoms with Crippen molar-refractivity contribution in [1.82, 2.24) is 5.32 Å². The quantitative estimate of drug-likeness (QED) is 0.625. The maximum absolute atomic E-state index is 11.5. The zero-order valence-corrected chi connectivity index (χ0v) is 11.1. The van der Waals surface area contributed by atoms with Crippen LogP contribution in [0.5, 0.6) is 0 Å². The van der Waals surface area contributed by atoms with E-state index in [-0.39, 0.29) is 24.8 Å². The summed E-state index contributed by atoms with van der Waals surface area (Å²) < 4.78 is 0. The summed E-state index contributed by atoms with van der Waals surface area (Å²) in [6.45, 7) is 1.79. The summed E-state index contributed by atoms with van der Waals surface area (Å²) in [4.78, 5) is 32.5. The van der Waals surface area contributed by atoms with Gasteiger partial charge >= 0.3 is 12.0 Å². The van der Waals surface area contributed by atoms with Gasteiger partial charge < -0.3 is 21.5 Å². The molecular formula is C13H17N3O4. The van der Waals surface area contributed by atoms with Crippen LogP contribution < -0.4 is 16.4 Å². The van der Waals surface area contributed by atoms with Gasteiger partial charge in [-0.1, -0.05) is 12.1 Å². The van der Waals surface area contributed by atoms with Crippen LogP contribution in [0, 0.1) is 0 Å². The molecule has 0 fully saturated rings. The highest BCUT2D eigenvalue weighted by atomic mass is 16.4. The van der Waals surface area contributed by atoms with Gasteiger partial charge in [0.2, 0.25) is 5.91 Å². The Hall–Kier alpha value is -2.57. The van der Waals surface area contributed by atoms with E-state index in [0.717, 1.165) is 5.56 Å². The number of nitrogens with one attached hydrogen (secondary N) is 2. The predicted octanol–water partition coefficient (Wildman–Crippen LogP) is 1.22.